The maximum Gasteiger partial charge on any atom is 0.334 e. The van der Waals surface area contributed by atoms with E-state index in [4.69, 9.17) is 24.8 Å². The fraction of sp³-hybridized carbons (Fsp3) is 0.700. The van der Waals surface area contributed by atoms with Crippen LogP contribution in [0.25, 0.3) is 0 Å². The Morgan fingerprint density at radius 2 is 1.28 bits per heavy atom. The minimum atomic E-state index is -1.52. The number of aliphatic carboxylic acids is 3. The Morgan fingerprint density at radius 3 is 1.81 bits per heavy atom. The molecular weight excluding hydrogens is 490 g/mol. The monoisotopic (exact) mass is 523 g/mol. The Bertz CT molecular complexity index is 744. The van der Waals surface area contributed by atoms with Crippen LogP contribution in [0.3, 0.4) is 0 Å². The summed E-state index contributed by atoms with van der Waals surface area (Å²) in [4.78, 5) is 67.7. The predicted octanol–water partition coefficient (Wildman–Crippen LogP) is -2.09. The summed E-state index contributed by atoms with van der Waals surface area (Å²) in [5, 5.41) is 42.3. The second-order valence-corrected chi connectivity index (χ2v) is 7.29. The van der Waals surface area contributed by atoms with Crippen LogP contribution in [0.5, 0.6) is 0 Å². The first-order valence-corrected chi connectivity index (χ1v) is 10.9. The van der Waals surface area contributed by atoms with Gasteiger partial charge in [0.1, 0.15) is 24.8 Å². The molecule has 3 amide bonds. The molecule has 0 aliphatic carbocycles. The molecule has 16 nitrogen and oxygen atoms in total. The second-order valence-electron chi connectivity index (χ2n) is 7.29. The van der Waals surface area contributed by atoms with Crippen molar-refractivity contribution < 1.29 is 63.4 Å². The fourth-order valence-electron chi connectivity index (χ4n) is 2.39. The Morgan fingerprint density at radius 1 is 0.750 bits per heavy atom. The number of carbonyl (C=O) groups excluding carboxylic acids is 3. The summed E-state index contributed by atoms with van der Waals surface area (Å²) >= 11 is 0. The SMILES string of the molecule is CC(O)C(=O)OCCOCCOCCC(=O)NCC[C@H](NC(=O)N[C@@H](CCC(=O)O)C(=O)O)C(=O)O. The minimum Gasteiger partial charge on any atom is -0.481 e. The zero-order valence-corrected chi connectivity index (χ0v) is 19.8. The molecule has 0 aliphatic heterocycles. The summed E-state index contributed by atoms with van der Waals surface area (Å²) in [6.45, 7) is 1.67. The van der Waals surface area contributed by atoms with Crippen LogP contribution in [0.4, 0.5) is 4.79 Å². The highest BCUT2D eigenvalue weighted by atomic mass is 16.6. The summed E-state index contributed by atoms with van der Waals surface area (Å²) in [7, 11) is 0. The topological polar surface area (TPSA) is 247 Å². The number of carboxylic acids is 3. The minimum absolute atomic E-state index is 0.0230. The highest BCUT2D eigenvalue weighted by Gasteiger charge is 2.24. The average molecular weight is 523 g/mol. The standard InChI is InChI=1S/C20H33N3O13/c1-12(24)19(32)36-11-10-35-9-8-34-7-5-15(25)21-6-4-14(18(30)31)23-20(33)22-13(17(28)29)2-3-16(26)27/h12-14,24H,2-11H2,1H3,(H,21,25)(H,26,27)(H,28,29)(H,30,31)(H2,22,23,33)/t12?,13-,14-/m0/s1. The lowest BCUT2D eigenvalue weighted by Crippen LogP contribution is -2.51. The molecule has 16 heteroatoms. The normalized spacial score (nSPS) is 13.1. The van der Waals surface area contributed by atoms with E-state index >= 15 is 0 Å². The van der Waals surface area contributed by atoms with Crippen molar-refractivity contribution >= 4 is 35.8 Å². The third kappa shape index (κ3) is 17.0. The van der Waals surface area contributed by atoms with Gasteiger partial charge in [0.2, 0.25) is 5.91 Å². The van der Waals surface area contributed by atoms with E-state index in [2.05, 4.69) is 15.4 Å². The zero-order valence-electron chi connectivity index (χ0n) is 19.8. The quantitative estimate of drug-likeness (QED) is 0.0669. The molecule has 0 aromatic heterocycles. The summed E-state index contributed by atoms with van der Waals surface area (Å²) < 4.78 is 15.0. The van der Waals surface area contributed by atoms with Gasteiger partial charge in [-0.3, -0.25) is 9.59 Å². The molecule has 0 aliphatic rings. The Labute approximate surface area is 206 Å². The molecule has 7 N–H and O–H groups in total. The van der Waals surface area contributed by atoms with Gasteiger partial charge in [-0.05, 0) is 19.8 Å². The molecule has 0 bridgehead atoms. The first-order valence-electron chi connectivity index (χ1n) is 10.9. The van der Waals surface area contributed by atoms with E-state index in [9.17, 15) is 33.9 Å². The Hall–Kier alpha value is -3.50. The summed E-state index contributed by atoms with van der Waals surface area (Å²) in [6, 6.07) is -4.07. The third-order valence-electron chi connectivity index (χ3n) is 4.27. The number of aliphatic hydroxyl groups excluding tert-OH is 1. The van der Waals surface area contributed by atoms with Gasteiger partial charge in [-0.1, -0.05) is 0 Å². The largest absolute Gasteiger partial charge is 0.481 e. The number of hydrogen-bond donors (Lipinski definition) is 7. The molecule has 0 heterocycles. The van der Waals surface area contributed by atoms with E-state index in [0.717, 1.165) is 0 Å². The maximum atomic E-state index is 11.9. The van der Waals surface area contributed by atoms with Crippen molar-refractivity contribution in [2.45, 2.75) is 50.8 Å². The van der Waals surface area contributed by atoms with Gasteiger partial charge in [-0.15, -0.1) is 0 Å². The molecule has 0 radical (unpaired) electrons. The number of esters is 1. The second kappa shape index (κ2) is 18.8. The van der Waals surface area contributed by atoms with Crippen molar-refractivity contribution in [1.82, 2.24) is 16.0 Å². The van der Waals surface area contributed by atoms with Crippen LogP contribution in [0.1, 0.15) is 32.6 Å². The van der Waals surface area contributed by atoms with Crippen LogP contribution < -0.4 is 16.0 Å². The Kier molecular flexibility index (Phi) is 17.0. The average Bonchev–Trinajstić information content (AvgIpc) is 2.79. The maximum absolute atomic E-state index is 11.9. The molecule has 206 valence electrons. The van der Waals surface area contributed by atoms with Crippen LogP contribution in [-0.4, -0.2) is 114 Å². The number of hydrogen-bond acceptors (Lipinski definition) is 10. The third-order valence-corrected chi connectivity index (χ3v) is 4.27. The van der Waals surface area contributed by atoms with Gasteiger partial charge in [0.25, 0.3) is 0 Å². The van der Waals surface area contributed by atoms with Crippen molar-refractivity contribution in [2.75, 3.05) is 39.6 Å². The molecule has 36 heavy (non-hydrogen) atoms. The Balaban J connectivity index is 4.07. The molecule has 0 aromatic rings. The highest BCUT2D eigenvalue weighted by molar-refractivity contribution is 5.86. The van der Waals surface area contributed by atoms with E-state index in [1.54, 1.807) is 0 Å². The number of urea groups is 1. The predicted molar refractivity (Wildman–Crippen MR) is 118 cm³/mol. The molecule has 0 aromatic carbocycles. The highest BCUT2D eigenvalue weighted by Crippen LogP contribution is 1.99. The number of ether oxygens (including phenoxy) is 3. The summed E-state index contributed by atoms with van der Waals surface area (Å²) in [6.07, 6.45) is -2.33. The number of carbonyl (C=O) groups is 6. The van der Waals surface area contributed by atoms with E-state index in [0.29, 0.717) is 0 Å². The van der Waals surface area contributed by atoms with Gasteiger partial charge >= 0.3 is 29.9 Å². The van der Waals surface area contributed by atoms with Crippen LogP contribution in [0.2, 0.25) is 0 Å². The van der Waals surface area contributed by atoms with Gasteiger partial charge in [0.15, 0.2) is 0 Å². The van der Waals surface area contributed by atoms with E-state index in [-0.39, 0.29) is 58.8 Å². The van der Waals surface area contributed by atoms with Gasteiger partial charge in [-0.2, -0.15) is 0 Å². The lowest BCUT2D eigenvalue weighted by Gasteiger charge is -2.18. The number of carboxylic acid groups (broad SMARTS) is 3. The van der Waals surface area contributed by atoms with Crippen LogP contribution in [0, 0.1) is 0 Å². The first-order chi connectivity index (χ1) is 16.9. The first kappa shape index (κ1) is 32.5. The molecule has 0 saturated heterocycles. The number of rotatable bonds is 20. The van der Waals surface area contributed by atoms with Crippen LogP contribution in [0.15, 0.2) is 0 Å². The van der Waals surface area contributed by atoms with Crippen molar-refractivity contribution in [3.05, 3.63) is 0 Å². The molecule has 0 rings (SSSR count). The van der Waals surface area contributed by atoms with Gasteiger partial charge in [-0.25, -0.2) is 19.2 Å². The summed E-state index contributed by atoms with van der Waals surface area (Å²) in [5.74, 6) is -5.34. The van der Waals surface area contributed by atoms with Crippen LogP contribution >= 0.6 is 0 Å². The van der Waals surface area contributed by atoms with Crippen molar-refractivity contribution in [3.63, 3.8) is 0 Å². The number of amides is 3. The summed E-state index contributed by atoms with van der Waals surface area (Å²) in [5.41, 5.74) is 0. The van der Waals surface area contributed by atoms with Crippen molar-refractivity contribution in [2.24, 2.45) is 0 Å². The number of aliphatic hydroxyl groups is 1. The van der Waals surface area contributed by atoms with Crippen molar-refractivity contribution in [3.8, 4) is 0 Å². The smallest absolute Gasteiger partial charge is 0.334 e. The van der Waals surface area contributed by atoms with E-state index in [1.807, 2.05) is 5.32 Å². The zero-order chi connectivity index (χ0) is 27.5. The lowest BCUT2D eigenvalue weighted by molar-refractivity contribution is -0.154. The number of nitrogens with one attached hydrogen (secondary N) is 3. The molecule has 0 fully saturated rings. The fourth-order valence-corrected chi connectivity index (χ4v) is 2.39. The molecule has 1 unspecified atom stereocenters. The molecule has 3 atom stereocenters. The van der Waals surface area contributed by atoms with Gasteiger partial charge in [0.05, 0.1) is 26.4 Å². The van der Waals surface area contributed by atoms with Crippen LogP contribution in [-0.2, 0) is 38.2 Å². The van der Waals surface area contributed by atoms with E-state index < -0.39 is 60.4 Å². The van der Waals surface area contributed by atoms with Crippen molar-refractivity contribution in [1.29, 1.82) is 0 Å². The van der Waals surface area contributed by atoms with Gasteiger partial charge in [0, 0.05) is 19.4 Å². The van der Waals surface area contributed by atoms with E-state index in [1.165, 1.54) is 6.92 Å². The molecule has 0 saturated carbocycles. The molecular formula is C20H33N3O13. The van der Waals surface area contributed by atoms with Gasteiger partial charge < -0.3 is 50.6 Å². The lowest BCUT2D eigenvalue weighted by atomic mass is 10.1. The molecule has 0 spiro atoms.